The van der Waals surface area contributed by atoms with Gasteiger partial charge in [-0.2, -0.15) is 0 Å². The van der Waals surface area contributed by atoms with Crippen LogP contribution in [0.2, 0.25) is 0 Å². The lowest BCUT2D eigenvalue weighted by atomic mass is 9.80. The normalized spacial score (nSPS) is 26.1. The number of benzene rings is 3. The summed E-state index contributed by atoms with van der Waals surface area (Å²) in [5.74, 6) is 6.34. The average Bonchev–Trinajstić information content (AvgIpc) is 3.47. The number of ether oxygens (including phenoxy) is 1. The molecule has 9 rings (SSSR count). The number of anilines is 2. The van der Waals surface area contributed by atoms with E-state index in [1.54, 1.807) is 29.2 Å². The summed E-state index contributed by atoms with van der Waals surface area (Å²) in [6, 6.07) is 18.0. The third kappa shape index (κ3) is 5.78. The zero-order chi connectivity index (χ0) is 37.2. The second-order valence-corrected chi connectivity index (χ2v) is 15.6. The Balaban J connectivity index is 0.804. The Kier molecular flexibility index (Phi) is 8.23. The summed E-state index contributed by atoms with van der Waals surface area (Å²) in [5.41, 5.74) is 5.55. The maximum Gasteiger partial charge on any atom is 0.255 e. The van der Waals surface area contributed by atoms with Gasteiger partial charge in [0.05, 0.1) is 18.8 Å². The fourth-order valence-corrected chi connectivity index (χ4v) is 9.30. The van der Waals surface area contributed by atoms with E-state index in [9.17, 15) is 24.0 Å². The Hall–Kier alpha value is -5.67. The summed E-state index contributed by atoms with van der Waals surface area (Å²) in [6.45, 7) is 3.06. The molecule has 12 nitrogen and oxygen atoms in total. The zero-order valence-electron chi connectivity index (χ0n) is 30.1. The molecule has 12 heteroatoms. The molecule has 0 radical (unpaired) electrons. The Morgan fingerprint density at radius 2 is 1.81 bits per heavy atom. The van der Waals surface area contributed by atoms with Gasteiger partial charge < -0.3 is 30.5 Å². The average molecular weight is 727 g/mol. The maximum atomic E-state index is 13.7. The summed E-state index contributed by atoms with van der Waals surface area (Å²) in [5, 5.41) is 12.3. The molecular weight excluding hydrogens is 684 g/mol. The maximum absolute atomic E-state index is 13.7. The van der Waals surface area contributed by atoms with Crippen molar-refractivity contribution in [2.75, 3.05) is 43.9 Å². The molecule has 5 heterocycles. The lowest BCUT2D eigenvalue weighted by Gasteiger charge is -2.32. The highest BCUT2D eigenvalue weighted by atomic mass is 16.5. The van der Waals surface area contributed by atoms with Crippen molar-refractivity contribution in [3.05, 3.63) is 88.5 Å². The summed E-state index contributed by atoms with van der Waals surface area (Å²) in [4.78, 5) is 67.9. The van der Waals surface area contributed by atoms with Crippen molar-refractivity contribution in [3.8, 4) is 17.6 Å². The second kappa shape index (κ2) is 13.0. The molecule has 5 aliphatic heterocycles. The topological polar surface area (TPSA) is 149 Å². The molecule has 54 heavy (non-hydrogen) atoms. The Morgan fingerprint density at radius 3 is 2.63 bits per heavy atom. The molecule has 2 spiro atoms. The largest absolute Gasteiger partial charge is 0.495 e. The van der Waals surface area contributed by atoms with Crippen molar-refractivity contribution in [1.82, 2.24) is 20.4 Å². The van der Waals surface area contributed by atoms with E-state index in [1.165, 1.54) is 12.7 Å². The molecule has 1 saturated carbocycles. The summed E-state index contributed by atoms with van der Waals surface area (Å²) in [7, 11) is 1.54. The number of carbonyl (C=O) groups excluding carboxylic acids is 5. The number of likely N-dealkylation sites (tertiary alicyclic amines) is 1. The minimum absolute atomic E-state index is 0.0683. The zero-order valence-corrected chi connectivity index (χ0v) is 30.1. The van der Waals surface area contributed by atoms with Crippen LogP contribution in [0.5, 0.6) is 5.75 Å². The van der Waals surface area contributed by atoms with Crippen LogP contribution in [0.3, 0.4) is 0 Å². The first-order valence-electron chi connectivity index (χ1n) is 18.8. The van der Waals surface area contributed by atoms with E-state index < -0.39 is 11.9 Å². The van der Waals surface area contributed by atoms with Crippen LogP contribution in [0.25, 0.3) is 0 Å². The molecule has 4 N–H and O–H groups in total. The van der Waals surface area contributed by atoms with E-state index in [-0.39, 0.29) is 52.8 Å². The Morgan fingerprint density at radius 1 is 0.981 bits per heavy atom. The van der Waals surface area contributed by atoms with Crippen LogP contribution in [-0.4, -0.2) is 84.7 Å². The predicted molar refractivity (Wildman–Crippen MR) is 200 cm³/mol. The number of rotatable bonds is 5. The minimum atomic E-state index is -0.663. The van der Waals surface area contributed by atoms with Crippen LogP contribution in [0.15, 0.2) is 60.7 Å². The number of para-hydroxylation sites is 1. The molecule has 0 aromatic heterocycles. The smallest absolute Gasteiger partial charge is 0.255 e. The number of hydrogen-bond donors (Lipinski definition) is 4. The van der Waals surface area contributed by atoms with E-state index in [0.717, 1.165) is 42.6 Å². The first-order valence-corrected chi connectivity index (χ1v) is 18.8. The first kappa shape index (κ1) is 34.1. The minimum Gasteiger partial charge on any atom is -0.495 e. The molecule has 4 atom stereocenters. The molecule has 0 bridgehead atoms. The van der Waals surface area contributed by atoms with Gasteiger partial charge in [-0.15, -0.1) is 0 Å². The van der Waals surface area contributed by atoms with E-state index >= 15 is 0 Å². The number of amides is 5. The number of imide groups is 1. The monoisotopic (exact) mass is 726 g/mol. The van der Waals surface area contributed by atoms with Gasteiger partial charge in [0.15, 0.2) is 0 Å². The number of nitrogens with zero attached hydrogens (tertiary/aromatic N) is 2. The van der Waals surface area contributed by atoms with Crippen molar-refractivity contribution < 1.29 is 28.7 Å². The highest BCUT2D eigenvalue weighted by Crippen LogP contribution is 2.59. The SMILES string of the molecule is COc1cc(C(=O)N2CCC3(CC2)C[C@@H]3C#Cc2cccc3c2CN(C2CCC(=O)NC2=O)C3=O)ccc1NC(=O)C1CC2(CNc3ccccc32)CN1. The van der Waals surface area contributed by atoms with Gasteiger partial charge in [-0.05, 0) is 85.0 Å². The van der Waals surface area contributed by atoms with Gasteiger partial charge in [0.2, 0.25) is 17.7 Å². The number of fused-ring (bicyclic) bond motifs is 3. The third-order valence-corrected chi connectivity index (χ3v) is 12.6. The van der Waals surface area contributed by atoms with E-state index in [0.29, 0.717) is 61.6 Å². The lowest BCUT2D eigenvalue weighted by Crippen LogP contribution is -2.52. The van der Waals surface area contributed by atoms with Crippen LogP contribution in [0.1, 0.15) is 75.9 Å². The van der Waals surface area contributed by atoms with E-state index in [4.69, 9.17) is 4.74 Å². The van der Waals surface area contributed by atoms with Crippen LogP contribution < -0.4 is 26.0 Å². The lowest BCUT2D eigenvalue weighted by molar-refractivity contribution is -0.137. The molecule has 5 amide bonds. The predicted octanol–water partition coefficient (Wildman–Crippen LogP) is 3.41. The molecule has 6 aliphatic rings. The first-order chi connectivity index (χ1) is 26.2. The van der Waals surface area contributed by atoms with Crippen LogP contribution in [0.4, 0.5) is 11.4 Å². The second-order valence-electron chi connectivity index (χ2n) is 15.6. The van der Waals surface area contributed by atoms with Gasteiger partial charge in [-0.1, -0.05) is 36.1 Å². The van der Waals surface area contributed by atoms with Gasteiger partial charge in [0.25, 0.3) is 11.8 Å². The number of hydrogen-bond acceptors (Lipinski definition) is 8. The molecule has 4 fully saturated rings. The van der Waals surface area contributed by atoms with Crippen molar-refractivity contribution in [2.45, 2.75) is 62.6 Å². The highest BCUT2D eigenvalue weighted by Gasteiger charge is 2.54. The van der Waals surface area contributed by atoms with Gasteiger partial charge in [-0.25, -0.2) is 0 Å². The van der Waals surface area contributed by atoms with E-state index in [1.807, 2.05) is 29.2 Å². The molecule has 3 aromatic carbocycles. The molecule has 276 valence electrons. The fourth-order valence-electron chi connectivity index (χ4n) is 9.30. The quantitative estimate of drug-likeness (QED) is 0.231. The molecule has 1 aliphatic carbocycles. The summed E-state index contributed by atoms with van der Waals surface area (Å²) in [6.07, 6.45) is 3.90. The Bertz CT molecular complexity index is 2180. The standard InChI is InChI=1S/C42H42N6O6/c1-54-35-19-26(10-12-32(35)45-37(50)33-21-42(24-44-33)23-43-31-8-3-2-7-30(31)42)39(52)47-17-15-41(16-18-47)20-27(41)11-9-25-5-4-6-28-29(25)22-48(40(28)53)34-13-14-36(49)46-38(34)51/h2-8,10,12,19,27,33-34,43-44H,13-18,20-24H2,1H3,(H,45,50)(H,46,49,51)/t27-,33?,34?,42?/m0/s1. The number of carbonyl (C=O) groups is 5. The van der Waals surface area contributed by atoms with Crippen molar-refractivity contribution in [1.29, 1.82) is 0 Å². The molecule has 3 saturated heterocycles. The highest BCUT2D eigenvalue weighted by molar-refractivity contribution is 6.05. The van der Waals surface area contributed by atoms with Gasteiger partial charge in [0.1, 0.15) is 11.8 Å². The van der Waals surface area contributed by atoms with E-state index in [2.05, 4.69) is 45.2 Å². The summed E-state index contributed by atoms with van der Waals surface area (Å²) < 4.78 is 5.64. The molecule has 3 unspecified atom stereocenters. The van der Waals surface area contributed by atoms with Gasteiger partial charge >= 0.3 is 0 Å². The number of nitrogens with one attached hydrogen (secondary N) is 4. The fraction of sp³-hybridized carbons (Fsp3) is 0.405. The molecular formula is C42H42N6O6. The van der Waals surface area contributed by atoms with Crippen molar-refractivity contribution in [2.24, 2.45) is 11.3 Å². The number of piperidine rings is 2. The van der Waals surface area contributed by atoms with Crippen LogP contribution in [-0.2, 0) is 26.3 Å². The van der Waals surface area contributed by atoms with Gasteiger partial charge in [-0.3, -0.25) is 29.3 Å². The third-order valence-electron chi connectivity index (χ3n) is 12.6. The Labute approximate surface area is 313 Å². The molecule has 3 aromatic rings. The van der Waals surface area contributed by atoms with Crippen molar-refractivity contribution in [3.63, 3.8) is 0 Å². The summed E-state index contributed by atoms with van der Waals surface area (Å²) >= 11 is 0. The van der Waals surface area contributed by atoms with Crippen molar-refractivity contribution >= 4 is 40.9 Å². The van der Waals surface area contributed by atoms with Crippen LogP contribution in [0, 0.1) is 23.2 Å². The van der Waals surface area contributed by atoms with Gasteiger partial charge in [0, 0.05) is 72.9 Å². The van der Waals surface area contributed by atoms with Crippen LogP contribution >= 0.6 is 0 Å². The number of methoxy groups -OCH3 is 1.